The third-order valence-electron chi connectivity index (χ3n) is 7.56. The number of alkyl halides is 3. The molecule has 2 aromatic rings. The van der Waals surface area contributed by atoms with E-state index in [-0.39, 0.29) is 18.6 Å². The van der Waals surface area contributed by atoms with Gasteiger partial charge in [0.2, 0.25) is 0 Å². The van der Waals surface area contributed by atoms with Crippen LogP contribution in [0.5, 0.6) is 0 Å². The highest BCUT2D eigenvalue weighted by atomic mass is 19.4. The Morgan fingerprint density at radius 1 is 0.976 bits per heavy atom. The van der Waals surface area contributed by atoms with E-state index in [1.165, 1.54) is 12.1 Å². The Balaban J connectivity index is 1.37. The summed E-state index contributed by atoms with van der Waals surface area (Å²) in [5.41, 5.74) is -0.254. The van der Waals surface area contributed by atoms with Crippen LogP contribution in [0.25, 0.3) is 0 Å². The second kappa shape index (κ2) is 12.7. The van der Waals surface area contributed by atoms with Gasteiger partial charge in [-0.25, -0.2) is 9.59 Å². The van der Waals surface area contributed by atoms with Crippen molar-refractivity contribution in [2.45, 2.75) is 70.4 Å². The molecule has 4 rings (SSSR count). The van der Waals surface area contributed by atoms with Gasteiger partial charge in [0.15, 0.2) is 0 Å². The van der Waals surface area contributed by atoms with Crippen LogP contribution in [0.3, 0.4) is 0 Å². The first-order valence-corrected chi connectivity index (χ1v) is 14.2. The lowest BCUT2D eigenvalue weighted by Crippen LogP contribution is -2.62. The molecule has 2 amide bonds. The number of nitrogens with zero attached hydrogens (tertiary/aromatic N) is 2. The van der Waals surface area contributed by atoms with E-state index in [0.717, 1.165) is 24.5 Å². The normalized spacial score (nSPS) is 20.0. The number of piperidine rings is 1. The molecule has 10 heteroatoms. The fourth-order valence-corrected chi connectivity index (χ4v) is 5.36. The molecule has 2 aliphatic rings. The van der Waals surface area contributed by atoms with Gasteiger partial charge in [-0.1, -0.05) is 48.5 Å². The van der Waals surface area contributed by atoms with Gasteiger partial charge in [0, 0.05) is 44.2 Å². The number of ether oxygens (including phenoxy) is 2. The molecule has 0 aliphatic carbocycles. The zero-order valence-electron chi connectivity index (χ0n) is 24.0. The number of aryl methyl sites for hydroxylation is 1. The largest absolute Gasteiger partial charge is 0.445 e. The predicted molar refractivity (Wildman–Crippen MR) is 149 cm³/mol. The second-order valence-electron chi connectivity index (χ2n) is 12.2. The number of hydrogen-bond acceptors (Lipinski definition) is 5. The maximum Gasteiger partial charge on any atom is 0.416 e. The number of carbonyl (C=O) groups excluding carboxylic acids is 2. The van der Waals surface area contributed by atoms with Gasteiger partial charge in [0.25, 0.3) is 0 Å². The van der Waals surface area contributed by atoms with Gasteiger partial charge < -0.3 is 24.6 Å². The minimum atomic E-state index is -4.40. The Labute approximate surface area is 240 Å². The quantitative estimate of drug-likeness (QED) is 0.402. The van der Waals surface area contributed by atoms with E-state index in [2.05, 4.69) is 5.32 Å². The van der Waals surface area contributed by atoms with E-state index in [1.807, 2.05) is 51.1 Å². The lowest BCUT2D eigenvalue weighted by Gasteiger charge is -2.46. The fourth-order valence-electron chi connectivity index (χ4n) is 5.36. The highest BCUT2D eigenvalue weighted by Crippen LogP contribution is 2.32. The van der Waals surface area contributed by atoms with Crippen molar-refractivity contribution in [3.8, 4) is 0 Å². The van der Waals surface area contributed by atoms with Crippen LogP contribution in [0.4, 0.5) is 22.8 Å². The number of likely N-dealkylation sites (tertiary alicyclic amines) is 2. The summed E-state index contributed by atoms with van der Waals surface area (Å²) in [7, 11) is 0. The summed E-state index contributed by atoms with van der Waals surface area (Å²) in [6.07, 6.45) is -2.62. The summed E-state index contributed by atoms with van der Waals surface area (Å²) in [4.78, 5) is 28.7. The van der Waals surface area contributed by atoms with Crippen LogP contribution >= 0.6 is 0 Å². The highest BCUT2D eigenvalue weighted by molar-refractivity contribution is 5.69. The van der Waals surface area contributed by atoms with Gasteiger partial charge in [-0.05, 0) is 63.6 Å². The van der Waals surface area contributed by atoms with Crippen molar-refractivity contribution in [1.82, 2.24) is 15.1 Å². The summed E-state index contributed by atoms with van der Waals surface area (Å²) >= 11 is 0. The number of hydrogen-bond donors (Lipinski definition) is 1. The molecule has 7 nitrogen and oxygen atoms in total. The standard InChI is InChI=1S/C31H40F3N3O4/c1-29(2,3)41-28(39)36-16-8-14-30(22-36,15-13-23-11-7-12-26(17-23)31(32,33)34)35-18-25-19-37(20-25)27(38)40-21-24-9-5-4-6-10-24/h4-7,9-12,17,25,35H,8,13-16,18-22H2,1-3H3. The minimum absolute atomic E-state index is 0.210. The molecular formula is C31H40F3N3O4. The Morgan fingerprint density at radius 2 is 1.68 bits per heavy atom. The second-order valence-corrected chi connectivity index (χ2v) is 12.2. The molecule has 224 valence electrons. The third kappa shape index (κ3) is 8.86. The summed E-state index contributed by atoms with van der Waals surface area (Å²) in [6.45, 7) is 8.37. The van der Waals surface area contributed by atoms with Crippen LogP contribution in [0.15, 0.2) is 54.6 Å². The molecule has 2 aromatic carbocycles. The number of halogens is 3. The number of amides is 2. The molecule has 0 bridgehead atoms. The Bertz CT molecular complexity index is 1180. The molecule has 2 aliphatic heterocycles. The smallest absolute Gasteiger partial charge is 0.416 e. The van der Waals surface area contributed by atoms with E-state index < -0.39 is 29.0 Å². The van der Waals surface area contributed by atoms with Crippen LogP contribution < -0.4 is 5.32 Å². The van der Waals surface area contributed by atoms with Gasteiger partial charge in [-0.2, -0.15) is 13.2 Å². The average Bonchev–Trinajstić information content (AvgIpc) is 2.89. The Morgan fingerprint density at radius 3 is 2.37 bits per heavy atom. The van der Waals surface area contributed by atoms with Crippen molar-refractivity contribution in [3.63, 3.8) is 0 Å². The zero-order valence-corrected chi connectivity index (χ0v) is 24.0. The van der Waals surface area contributed by atoms with Gasteiger partial charge in [0.05, 0.1) is 5.56 Å². The van der Waals surface area contributed by atoms with E-state index in [0.29, 0.717) is 51.1 Å². The summed E-state index contributed by atoms with van der Waals surface area (Å²) in [5.74, 6) is 0.210. The average molecular weight is 576 g/mol. The van der Waals surface area contributed by atoms with Gasteiger partial charge in [-0.3, -0.25) is 0 Å². The molecule has 0 saturated carbocycles. The summed E-state index contributed by atoms with van der Waals surface area (Å²) in [5, 5.41) is 3.67. The number of benzene rings is 2. The van der Waals surface area contributed by atoms with Gasteiger partial charge in [0.1, 0.15) is 12.2 Å². The minimum Gasteiger partial charge on any atom is -0.445 e. The maximum absolute atomic E-state index is 13.3. The number of nitrogens with one attached hydrogen (secondary N) is 1. The predicted octanol–water partition coefficient (Wildman–Crippen LogP) is 6.27. The lowest BCUT2D eigenvalue weighted by atomic mass is 9.82. The summed E-state index contributed by atoms with van der Waals surface area (Å²) in [6, 6.07) is 14.9. The van der Waals surface area contributed by atoms with E-state index in [9.17, 15) is 22.8 Å². The van der Waals surface area contributed by atoms with Crippen LogP contribution in [-0.2, 0) is 28.7 Å². The first-order chi connectivity index (χ1) is 19.3. The fraction of sp³-hybridized carbons (Fsp3) is 0.548. The topological polar surface area (TPSA) is 71.1 Å². The molecule has 1 unspecified atom stereocenters. The molecule has 0 spiro atoms. The number of carbonyl (C=O) groups is 2. The molecule has 41 heavy (non-hydrogen) atoms. The first kappa shape index (κ1) is 30.7. The Hall–Kier alpha value is -3.27. The van der Waals surface area contributed by atoms with Crippen molar-refractivity contribution in [1.29, 1.82) is 0 Å². The van der Waals surface area contributed by atoms with Crippen LogP contribution in [0, 0.1) is 5.92 Å². The summed E-state index contributed by atoms with van der Waals surface area (Å²) < 4.78 is 50.9. The molecule has 2 saturated heterocycles. The van der Waals surface area contributed by atoms with Crippen LogP contribution in [0.2, 0.25) is 0 Å². The monoisotopic (exact) mass is 575 g/mol. The highest BCUT2D eigenvalue weighted by Gasteiger charge is 2.40. The van der Waals surface area contributed by atoms with Gasteiger partial charge in [-0.15, -0.1) is 0 Å². The molecule has 1 N–H and O–H groups in total. The van der Waals surface area contributed by atoms with Crippen molar-refractivity contribution < 1.29 is 32.2 Å². The van der Waals surface area contributed by atoms with Crippen molar-refractivity contribution in [2.24, 2.45) is 5.92 Å². The SMILES string of the molecule is CC(C)(C)OC(=O)N1CCCC(CCc2cccc(C(F)(F)F)c2)(NCC2CN(C(=O)OCc3ccccc3)C2)C1. The van der Waals surface area contributed by atoms with Crippen molar-refractivity contribution in [3.05, 3.63) is 71.3 Å². The lowest BCUT2D eigenvalue weighted by molar-refractivity contribution is -0.137. The molecule has 0 radical (unpaired) electrons. The molecular weight excluding hydrogens is 535 g/mol. The van der Waals surface area contributed by atoms with Crippen molar-refractivity contribution >= 4 is 12.2 Å². The molecule has 2 fully saturated rings. The molecule has 0 aromatic heterocycles. The third-order valence-corrected chi connectivity index (χ3v) is 7.56. The van der Waals surface area contributed by atoms with Crippen molar-refractivity contribution in [2.75, 3.05) is 32.7 Å². The maximum atomic E-state index is 13.3. The number of rotatable bonds is 8. The van der Waals surface area contributed by atoms with E-state index in [4.69, 9.17) is 9.47 Å². The van der Waals surface area contributed by atoms with E-state index >= 15 is 0 Å². The first-order valence-electron chi connectivity index (χ1n) is 14.2. The molecule has 1 atom stereocenters. The van der Waals surface area contributed by atoms with Gasteiger partial charge >= 0.3 is 18.4 Å². The zero-order chi connectivity index (χ0) is 29.7. The Kier molecular flexibility index (Phi) is 9.51. The van der Waals surface area contributed by atoms with Crippen LogP contribution in [0.1, 0.15) is 56.7 Å². The van der Waals surface area contributed by atoms with Crippen LogP contribution in [-0.4, -0.2) is 65.9 Å². The molecule has 2 heterocycles. The van der Waals surface area contributed by atoms with E-state index in [1.54, 1.807) is 15.9 Å².